The monoisotopic (exact) mass is 423 g/mol. The lowest BCUT2D eigenvalue weighted by Gasteiger charge is -2.33. The Morgan fingerprint density at radius 1 is 0.926 bits per heavy atom. The SMILES string of the molecule is Cc1ccc(S(=O)(=O)N2CCN(c3nc4ccc(C)cc4s3)CC2)cc1.Cl. The van der Waals surface area contributed by atoms with E-state index in [0.29, 0.717) is 31.1 Å². The molecular formula is C19H22ClN3O2S2. The molecule has 144 valence electrons. The van der Waals surface area contributed by atoms with Gasteiger partial charge in [-0.15, -0.1) is 12.4 Å². The van der Waals surface area contributed by atoms with Crippen LogP contribution in [0.2, 0.25) is 0 Å². The standard InChI is InChI=1S/C19H21N3O2S2.ClH/c1-14-3-6-16(7-4-14)26(23,24)22-11-9-21(10-12-22)19-20-17-8-5-15(2)13-18(17)25-19;/h3-8,13H,9-12H2,1-2H3;1H. The summed E-state index contributed by atoms with van der Waals surface area (Å²) in [5.74, 6) is 0. The molecule has 1 fully saturated rings. The maximum atomic E-state index is 12.8. The van der Waals surface area contributed by atoms with Gasteiger partial charge in [-0.3, -0.25) is 0 Å². The minimum atomic E-state index is -3.42. The predicted molar refractivity (Wildman–Crippen MR) is 114 cm³/mol. The lowest BCUT2D eigenvalue weighted by molar-refractivity contribution is 0.385. The smallest absolute Gasteiger partial charge is 0.243 e. The Morgan fingerprint density at radius 3 is 2.22 bits per heavy atom. The van der Waals surface area contributed by atoms with Gasteiger partial charge < -0.3 is 4.90 Å². The number of aromatic nitrogens is 1. The van der Waals surface area contributed by atoms with Crippen LogP contribution in [-0.2, 0) is 10.0 Å². The van der Waals surface area contributed by atoms with Crippen LogP contribution in [-0.4, -0.2) is 43.9 Å². The third kappa shape index (κ3) is 3.96. The van der Waals surface area contributed by atoms with E-state index < -0.39 is 10.0 Å². The Labute approximate surface area is 170 Å². The molecule has 3 aromatic rings. The maximum absolute atomic E-state index is 12.8. The van der Waals surface area contributed by atoms with Gasteiger partial charge >= 0.3 is 0 Å². The summed E-state index contributed by atoms with van der Waals surface area (Å²) in [6.45, 7) is 6.30. The van der Waals surface area contributed by atoms with Crippen LogP contribution in [0.1, 0.15) is 11.1 Å². The van der Waals surface area contributed by atoms with E-state index in [-0.39, 0.29) is 12.4 Å². The van der Waals surface area contributed by atoms with Gasteiger partial charge in [-0.05, 0) is 43.7 Å². The molecule has 1 saturated heterocycles. The van der Waals surface area contributed by atoms with Crippen molar-refractivity contribution in [2.24, 2.45) is 0 Å². The molecule has 2 heterocycles. The van der Waals surface area contributed by atoms with Crippen LogP contribution < -0.4 is 4.90 Å². The normalized spacial score (nSPS) is 15.7. The van der Waals surface area contributed by atoms with E-state index in [4.69, 9.17) is 4.98 Å². The van der Waals surface area contributed by atoms with Gasteiger partial charge in [-0.25, -0.2) is 13.4 Å². The van der Waals surface area contributed by atoms with Crippen molar-refractivity contribution in [2.75, 3.05) is 31.1 Å². The van der Waals surface area contributed by atoms with Gasteiger partial charge in [0.25, 0.3) is 0 Å². The average Bonchev–Trinajstić information content (AvgIpc) is 3.05. The minimum Gasteiger partial charge on any atom is -0.345 e. The van der Waals surface area contributed by atoms with Crippen LogP contribution in [0.3, 0.4) is 0 Å². The topological polar surface area (TPSA) is 53.5 Å². The van der Waals surface area contributed by atoms with Crippen LogP contribution >= 0.6 is 23.7 Å². The highest BCUT2D eigenvalue weighted by atomic mass is 35.5. The number of anilines is 1. The molecule has 4 rings (SSSR count). The summed E-state index contributed by atoms with van der Waals surface area (Å²) in [6, 6.07) is 13.3. The molecule has 0 aliphatic carbocycles. The highest BCUT2D eigenvalue weighted by Crippen LogP contribution is 2.30. The molecule has 0 radical (unpaired) electrons. The maximum Gasteiger partial charge on any atom is 0.243 e. The molecule has 1 aromatic heterocycles. The third-order valence-corrected chi connectivity index (χ3v) is 7.69. The zero-order valence-electron chi connectivity index (χ0n) is 15.3. The van der Waals surface area contributed by atoms with Crippen LogP contribution in [0.25, 0.3) is 10.2 Å². The van der Waals surface area contributed by atoms with Crippen molar-refractivity contribution in [3.63, 3.8) is 0 Å². The first kappa shape index (κ1) is 20.1. The Bertz CT molecular complexity index is 1040. The molecule has 0 N–H and O–H groups in total. The van der Waals surface area contributed by atoms with E-state index in [9.17, 15) is 8.42 Å². The Kier molecular flexibility index (Phi) is 5.76. The zero-order chi connectivity index (χ0) is 18.3. The summed E-state index contributed by atoms with van der Waals surface area (Å²) >= 11 is 1.67. The van der Waals surface area contributed by atoms with Crippen molar-refractivity contribution in [3.8, 4) is 0 Å². The number of rotatable bonds is 3. The number of piperazine rings is 1. The Morgan fingerprint density at radius 2 is 1.56 bits per heavy atom. The third-order valence-electron chi connectivity index (χ3n) is 4.70. The van der Waals surface area contributed by atoms with Crippen molar-refractivity contribution >= 4 is 49.1 Å². The van der Waals surface area contributed by atoms with Crippen LogP contribution in [0.5, 0.6) is 0 Å². The summed E-state index contributed by atoms with van der Waals surface area (Å²) < 4.78 is 28.4. The van der Waals surface area contributed by atoms with E-state index in [1.54, 1.807) is 27.8 Å². The van der Waals surface area contributed by atoms with E-state index in [0.717, 1.165) is 16.2 Å². The molecule has 0 unspecified atom stereocenters. The second kappa shape index (κ2) is 7.75. The fourth-order valence-electron chi connectivity index (χ4n) is 3.13. The van der Waals surface area contributed by atoms with Gasteiger partial charge in [0, 0.05) is 26.2 Å². The lowest BCUT2D eigenvalue weighted by Crippen LogP contribution is -2.48. The second-order valence-electron chi connectivity index (χ2n) is 6.67. The molecule has 2 aromatic carbocycles. The van der Waals surface area contributed by atoms with Crippen LogP contribution in [0.15, 0.2) is 47.4 Å². The van der Waals surface area contributed by atoms with Crippen molar-refractivity contribution in [1.82, 2.24) is 9.29 Å². The van der Waals surface area contributed by atoms with Crippen molar-refractivity contribution in [1.29, 1.82) is 0 Å². The number of nitrogens with zero attached hydrogens (tertiary/aromatic N) is 3. The number of benzene rings is 2. The number of hydrogen-bond donors (Lipinski definition) is 0. The molecule has 27 heavy (non-hydrogen) atoms. The molecule has 0 spiro atoms. The molecule has 5 nitrogen and oxygen atoms in total. The Hall–Kier alpha value is -1.67. The van der Waals surface area contributed by atoms with Crippen molar-refractivity contribution < 1.29 is 8.42 Å². The van der Waals surface area contributed by atoms with Gasteiger partial charge in [0.05, 0.1) is 15.1 Å². The fraction of sp³-hybridized carbons (Fsp3) is 0.316. The summed E-state index contributed by atoms with van der Waals surface area (Å²) in [5.41, 5.74) is 3.28. The molecular weight excluding hydrogens is 402 g/mol. The molecule has 0 bridgehead atoms. The molecule has 0 amide bonds. The van der Waals surface area contributed by atoms with Crippen LogP contribution in [0, 0.1) is 13.8 Å². The number of thiazole rings is 1. The van der Waals surface area contributed by atoms with E-state index in [2.05, 4.69) is 24.0 Å². The summed E-state index contributed by atoms with van der Waals surface area (Å²) in [7, 11) is -3.42. The van der Waals surface area contributed by atoms with Gasteiger partial charge in [0.15, 0.2) is 5.13 Å². The van der Waals surface area contributed by atoms with Crippen molar-refractivity contribution in [3.05, 3.63) is 53.6 Å². The summed E-state index contributed by atoms with van der Waals surface area (Å²) in [4.78, 5) is 7.26. The predicted octanol–water partition coefficient (Wildman–Crippen LogP) is 3.85. The van der Waals surface area contributed by atoms with Gasteiger partial charge in [-0.1, -0.05) is 35.1 Å². The molecule has 1 aliphatic heterocycles. The van der Waals surface area contributed by atoms with Gasteiger partial charge in [-0.2, -0.15) is 4.31 Å². The summed E-state index contributed by atoms with van der Waals surface area (Å²) in [5, 5.41) is 0.970. The number of sulfonamides is 1. The number of halogens is 1. The number of fused-ring (bicyclic) bond motifs is 1. The summed E-state index contributed by atoms with van der Waals surface area (Å²) in [6.07, 6.45) is 0. The van der Waals surface area contributed by atoms with Crippen molar-refractivity contribution in [2.45, 2.75) is 18.7 Å². The molecule has 0 atom stereocenters. The molecule has 8 heteroatoms. The second-order valence-corrected chi connectivity index (χ2v) is 9.62. The number of aryl methyl sites for hydroxylation is 2. The first-order valence-corrected chi connectivity index (χ1v) is 10.9. The largest absolute Gasteiger partial charge is 0.345 e. The molecule has 0 saturated carbocycles. The number of hydrogen-bond acceptors (Lipinski definition) is 5. The first-order valence-electron chi connectivity index (χ1n) is 8.62. The minimum absolute atomic E-state index is 0. The van der Waals surface area contributed by atoms with Gasteiger partial charge in [0.1, 0.15) is 0 Å². The van der Waals surface area contributed by atoms with Gasteiger partial charge in [0.2, 0.25) is 10.0 Å². The highest BCUT2D eigenvalue weighted by molar-refractivity contribution is 7.89. The average molecular weight is 424 g/mol. The van der Waals surface area contributed by atoms with Crippen LogP contribution in [0.4, 0.5) is 5.13 Å². The first-order chi connectivity index (χ1) is 12.4. The van der Waals surface area contributed by atoms with E-state index in [1.807, 2.05) is 25.1 Å². The molecule has 1 aliphatic rings. The van der Waals surface area contributed by atoms with E-state index in [1.165, 1.54) is 10.3 Å². The zero-order valence-corrected chi connectivity index (χ0v) is 17.7. The lowest BCUT2D eigenvalue weighted by atomic mass is 10.2. The highest BCUT2D eigenvalue weighted by Gasteiger charge is 2.29. The fourth-order valence-corrected chi connectivity index (χ4v) is 5.67. The Balaban J connectivity index is 0.00000210. The van der Waals surface area contributed by atoms with E-state index >= 15 is 0 Å². The quantitative estimate of drug-likeness (QED) is 0.642.